The fourth-order valence-electron chi connectivity index (χ4n) is 3.21. The van der Waals surface area contributed by atoms with Crippen LogP contribution in [-0.2, 0) is 11.2 Å². The normalized spacial score (nSPS) is 26.3. The van der Waals surface area contributed by atoms with Gasteiger partial charge in [0.2, 0.25) is 5.91 Å². The molecule has 3 rings (SSSR count). The van der Waals surface area contributed by atoms with E-state index in [1.807, 2.05) is 18.2 Å². The monoisotopic (exact) mass is 340 g/mol. The molecule has 0 spiro atoms. The summed E-state index contributed by atoms with van der Waals surface area (Å²) in [5, 5.41) is 6.59. The van der Waals surface area contributed by atoms with Crippen molar-refractivity contribution >= 4 is 18.3 Å². The van der Waals surface area contributed by atoms with Gasteiger partial charge in [-0.15, -0.1) is 12.4 Å². The van der Waals surface area contributed by atoms with E-state index in [9.17, 15) is 4.79 Å². The number of carbonyl (C=O) groups is 1. The van der Waals surface area contributed by atoms with Crippen LogP contribution >= 0.6 is 12.4 Å². The van der Waals surface area contributed by atoms with Crippen molar-refractivity contribution in [1.82, 2.24) is 10.6 Å². The van der Waals surface area contributed by atoms with Crippen LogP contribution in [0, 0.1) is 5.92 Å². The van der Waals surface area contributed by atoms with Crippen molar-refractivity contribution in [3.05, 3.63) is 23.8 Å². The zero-order chi connectivity index (χ0) is 15.5. The van der Waals surface area contributed by atoms with Crippen molar-refractivity contribution in [3.8, 4) is 11.5 Å². The van der Waals surface area contributed by atoms with E-state index >= 15 is 0 Å². The average molecular weight is 341 g/mol. The SMILES string of the molecule is COc1ccc2c(c1)CC(C(=O)NC1CCCNC1C)CO2.Cl. The lowest BCUT2D eigenvalue weighted by Gasteiger charge is -2.33. The first-order valence-electron chi connectivity index (χ1n) is 8.01. The third kappa shape index (κ3) is 4.09. The minimum atomic E-state index is -0.131. The Kier molecular flexibility index (Phi) is 6.13. The molecule has 2 heterocycles. The molecular weight excluding hydrogens is 316 g/mol. The van der Waals surface area contributed by atoms with Gasteiger partial charge in [0.15, 0.2) is 0 Å². The van der Waals surface area contributed by atoms with Crippen molar-refractivity contribution in [3.63, 3.8) is 0 Å². The Balaban J connectivity index is 0.00000192. The first-order valence-corrected chi connectivity index (χ1v) is 8.01. The highest BCUT2D eigenvalue weighted by atomic mass is 35.5. The molecule has 3 atom stereocenters. The fraction of sp³-hybridized carbons (Fsp3) is 0.588. The summed E-state index contributed by atoms with van der Waals surface area (Å²) in [4.78, 5) is 12.5. The minimum Gasteiger partial charge on any atom is -0.497 e. The molecule has 0 radical (unpaired) electrons. The molecule has 0 saturated carbocycles. The molecule has 3 unspecified atom stereocenters. The van der Waals surface area contributed by atoms with E-state index in [0.717, 1.165) is 36.4 Å². The van der Waals surface area contributed by atoms with Crippen LogP contribution in [0.2, 0.25) is 0 Å². The van der Waals surface area contributed by atoms with E-state index in [1.165, 1.54) is 0 Å². The van der Waals surface area contributed by atoms with E-state index in [2.05, 4.69) is 17.6 Å². The second-order valence-electron chi connectivity index (χ2n) is 6.19. The molecule has 2 N–H and O–H groups in total. The van der Waals surface area contributed by atoms with Gasteiger partial charge >= 0.3 is 0 Å². The molecule has 1 fully saturated rings. The highest BCUT2D eigenvalue weighted by Gasteiger charge is 2.30. The summed E-state index contributed by atoms with van der Waals surface area (Å²) < 4.78 is 11.0. The van der Waals surface area contributed by atoms with Crippen molar-refractivity contribution in [2.75, 3.05) is 20.3 Å². The maximum absolute atomic E-state index is 12.5. The van der Waals surface area contributed by atoms with Crippen LogP contribution in [0.5, 0.6) is 11.5 Å². The number of nitrogens with one attached hydrogen (secondary N) is 2. The number of ether oxygens (including phenoxy) is 2. The van der Waals surface area contributed by atoms with Gasteiger partial charge in [-0.2, -0.15) is 0 Å². The van der Waals surface area contributed by atoms with Gasteiger partial charge in [-0.3, -0.25) is 4.79 Å². The number of rotatable bonds is 3. The predicted molar refractivity (Wildman–Crippen MR) is 91.6 cm³/mol. The van der Waals surface area contributed by atoms with Gasteiger partial charge in [-0.05, 0) is 56.5 Å². The summed E-state index contributed by atoms with van der Waals surface area (Å²) in [6.45, 7) is 3.61. The summed E-state index contributed by atoms with van der Waals surface area (Å²) in [7, 11) is 1.65. The molecule has 1 saturated heterocycles. The largest absolute Gasteiger partial charge is 0.497 e. The molecule has 0 aromatic heterocycles. The summed E-state index contributed by atoms with van der Waals surface area (Å²) in [6, 6.07) is 6.30. The molecule has 0 bridgehead atoms. The van der Waals surface area contributed by atoms with Crippen LogP contribution in [0.4, 0.5) is 0 Å². The van der Waals surface area contributed by atoms with Crippen LogP contribution in [0.25, 0.3) is 0 Å². The maximum atomic E-state index is 12.5. The quantitative estimate of drug-likeness (QED) is 0.882. The zero-order valence-corrected chi connectivity index (χ0v) is 14.4. The Bertz CT molecular complexity index is 553. The van der Waals surface area contributed by atoms with Gasteiger partial charge in [0.05, 0.1) is 13.0 Å². The summed E-state index contributed by atoms with van der Waals surface area (Å²) in [5.41, 5.74) is 1.04. The molecule has 0 aliphatic carbocycles. The number of halogens is 1. The Morgan fingerprint density at radius 2 is 2.26 bits per heavy atom. The molecular formula is C17H25ClN2O3. The number of piperidine rings is 1. The van der Waals surface area contributed by atoms with Crippen LogP contribution in [0.1, 0.15) is 25.3 Å². The third-order valence-electron chi connectivity index (χ3n) is 4.63. The molecule has 1 aromatic carbocycles. The van der Waals surface area contributed by atoms with Crippen molar-refractivity contribution < 1.29 is 14.3 Å². The van der Waals surface area contributed by atoms with E-state index in [-0.39, 0.29) is 30.3 Å². The Morgan fingerprint density at radius 3 is 3.00 bits per heavy atom. The lowest BCUT2D eigenvalue weighted by molar-refractivity contribution is -0.127. The second kappa shape index (κ2) is 7.88. The van der Waals surface area contributed by atoms with Crippen molar-refractivity contribution in [2.45, 2.75) is 38.3 Å². The highest BCUT2D eigenvalue weighted by molar-refractivity contribution is 5.85. The van der Waals surface area contributed by atoms with Gasteiger partial charge in [0.1, 0.15) is 18.1 Å². The molecule has 128 valence electrons. The molecule has 1 amide bonds. The second-order valence-corrected chi connectivity index (χ2v) is 6.19. The number of benzene rings is 1. The maximum Gasteiger partial charge on any atom is 0.227 e. The van der Waals surface area contributed by atoms with Crippen LogP contribution in [-0.4, -0.2) is 38.3 Å². The van der Waals surface area contributed by atoms with E-state index in [4.69, 9.17) is 9.47 Å². The number of fused-ring (bicyclic) bond motifs is 1. The van der Waals surface area contributed by atoms with Gasteiger partial charge < -0.3 is 20.1 Å². The smallest absolute Gasteiger partial charge is 0.227 e. The first-order chi connectivity index (χ1) is 10.7. The molecule has 2 aliphatic heterocycles. The van der Waals surface area contributed by atoms with Gasteiger partial charge in [0, 0.05) is 12.1 Å². The first kappa shape index (κ1) is 17.9. The highest BCUT2D eigenvalue weighted by Crippen LogP contribution is 2.30. The van der Waals surface area contributed by atoms with Gasteiger partial charge in [-0.25, -0.2) is 0 Å². The average Bonchev–Trinajstić information content (AvgIpc) is 2.55. The molecule has 1 aromatic rings. The fourth-order valence-corrected chi connectivity index (χ4v) is 3.21. The molecule has 2 aliphatic rings. The zero-order valence-electron chi connectivity index (χ0n) is 13.6. The predicted octanol–water partition coefficient (Wildman–Crippen LogP) is 1.92. The molecule has 6 heteroatoms. The summed E-state index contributed by atoms with van der Waals surface area (Å²) in [6.07, 6.45) is 2.85. The lowest BCUT2D eigenvalue weighted by Crippen LogP contribution is -2.54. The molecule has 5 nitrogen and oxygen atoms in total. The van der Waals surface area contributed by atoms with Crippen LogP contribution < -0.4 is 20.1 Å². The van der Waals surface area contributed by atoms with Gasteiger partial charge in [0.25, 0.3) is 0 Å². The topological polar surface area (TPSA) is 59.6 Å². The Morgan fingerprint density at radius 1 is 1.43 bits per heavy atom. The number of carbonyl (C=O) groups excluding carboxylic acids is 1. The van der Waals surface area contributed by atoms with E-state index in [0.29, 0.717) is 19.1 Å². The number of hydrogen-bond donors (Lipinski definition) is 2. The Labute approximate surface area is 143 Å². The lowest BCUT2D eigenvalue weighted by atomic mass is 9.94. The standard InChI is InChI=1S/C17H24N2O3.ClH/c1-11-15(4-3-7-18-11)19-17(20)13-8-12-9-14(21-2)5-6-16(12)22-10-13;/h5-6,9,11,13,15,18H,3-4,7-8,10H2,1-2H3,(H,19,20);1H. The third-order valence-corrected chi connectivity index (χ3v) is 4.63. The van der Waals surface area contributed by atoms with Crippen molar-refractivity contribution in [1.29, 1.82) is 0 Å². The summed E-state index contributed by atoms with van der Waals surface area (Å²) >= 11 is 0. The van der Waals surface area contributed by atoms with Gasteiger partial charge in [-0.1, -0.05) is 0 Å². The summed E-state index contributed by atoms with van der Waals surface area (Å²) in [5.74, 6) is 1.62. The number of amides is 1. The minimum absolute atomic E-state index is 0. The van der Waals surface area contributed by atoms with Crippen LogP contribution in [0.15, 0.2) is 18.2 Å². The number of methoxy groups -OCH3 is 1. The Hall–Kier alpha value is -1.46. The number of hydrogen-bond acceptors (Lipinski definition) is 4. The molecule has 23 heavy (non-hydrogen) atoms. The van der Waals surface area contributed by atoms with E-state index in [1.54, 1.807) is 7.11 Å². The van der Waals surface area contributed by atoms with E-state index < -0.39 is 0 Å². The van der Waals surface area contributed by atoms with Crippen molar-refractivity contribution in [2.24, 2.45) is 5.92 Å². The van der Waals surface area contributed by atoms with Crippen LogP contribution in [0.3, 0.4) is 0 Å².